The van der Waals surface area contributed by atoms with Crippen molar-refractivity contribution in [1.82, 2.24) is 15.4 Å². The first kappa shape index (κ1) is 29.3. The molecule has 0 radical (unpaired) electrons. The Kier molecular flexibility index (Phi) is 9.79. The van der Waals surface area contributed by atoms with E-state index in [4.69, 9.17) is 19.8 Å². The van der Waals surface area contributed by atoms with E-state index >= 15 is 0 Å². The average Bonchev–Trinajstić information content (AvgIpc) is 2.91. The molecule has 4 N–H and O–H groups in total. The van der Waals surface area contributed by atoms with Crippen LogP contribution in [-0.4, -0.2) is 63.8 Å². The fourth-order valence-corrected chi connectivity index (χ4v) is 4.16. The fraction of sp³-hybridized carbons (Fsp3) is 0.308. The van der Waals surface area contributed by atoms with Crippen LogP contribution in [0.4, 0.5) is 18.9 Å². The summed E-state index contributed by atoms with van der Waals surface area (Å²) in [5.74, 6) is -3.39. The normalized spacial score (nSPS) is 17.5. The van der Waals surface area contributed by atoms with Crippen LogP contribution in [0.2, 0.25) is 0 Å². The zero-order valence-electron chi connectivity index (χ0n) is 20.8. The van der Waals surface area contributed by atoms with E-state index < -0.39 is 30.0 Å². The van der Waals surface area contributed by atoms with Gasteiger partial charge in [-0.1, -0.05) is 24.3 Å². The van der Waals surface area contributed by atoms with Gasteiger partial charge in [0.1, 0.15) is 18.4 Å². The Balaban J connectivity index is 0.000000532. The lowest BCUT2D eigenvalue weighted by atomic mass is 9.88. The molecule has 1 aliphatic rings. The Morgan fingerprint density at radius 3 is 2.38 bits per heavy atom. The van der Waals surface area contributed by atoms with Crippen LogP contribution in [-0.2, 0) is 21.0 Å². The lowest BCUT2D eigenvalue weighted by molar-refractivity contribution is -0.192. The number of likely N-dealkylation sites (tertiary alicyclic amines) is 1. The molecule has 39 heavy (non-hydrogen) atoms. The molecular formula is C26H27F3N4O6. The van der Waals surface area contributed by atoms with E-state index in [2.05, 4.69) is 10.3 Å². The van der Waals surface area contributed by atoms with Crippen molar-refractivity contribution < 1.29 is 42.6 Å². The lowest BCUT2D eigenvalue weighted by Gasteiger charge is -2.36. The van der Waals surface area contributed by atoms with Crippen LogP contribution in [0.5, 0.6) is 5.75 Å². The predicted octanol–water partition coefficient (Wildman–Crippen LogP) is 3.60. The topological polar surface area (TPSA) is 141 Å². The second-order valence-electron chi connectivity index (χ2n) is 8.75. The number of halogens is 3. The van der Waals surface area contributed by atoms with Crippen molar-refractivity contribution in [2.75, 3.05) is 18.9 Å². The summed E-state index contributed by atoms with van der Waals surface area (Å²) < 4.78 is 37.7. The van der Waals surface area contributed by atoms with Crippen LogP contribution in [0.15, 0.2) is 60.8 Å². The smallest absolute Gasteiger partial charge is 0.488 e. The highest BCUT2D eigenvalue weighted by Gasteiger charge is 2.39. The van der Waals surface area contributed by atoms with E-state index in [1.165, 1.54) is 0 Å². The van der Waals surface area contributed by atoms with Gasteiger partial charge < -0.3 is 15.2 Å². The predicted molar refractivity (Wildman–Crippen MR) is 134 cm³/mol. The molecule has 13 heteroatoms. The summed E-state index contributed by atoms with van der Waals surface area (Å²) in [5.41, 5.74) is 4.15. The Bertz CT molecular complexity index is 1300. The number of nitrogens with one attached hydrogen (secondary N) is 2. The molecule has 208 valence electrons. The minimum absolute atomic E-state index is 0.270. The van der Waals surface area contributed by atoms with Crippen molar-refractivity contribution >= 4 is 34.4 Å². The number of carboxylic acid groups (broad SMARTS) is 1. The summed E-state index contributed by atoms with van der Waals surface area (Å²) in [6.07, 6.45) is -2.02. The van der Waals surface area contributed by atoms with Crippen molar-refractivity contribution in [3.05, 3.63) is 66.4 Å². The number of aromatic nitrogens is 1. The van der Waals surface area contributed by atoms with Crippen molar-refractivity contribution in [3.8, 4) is 5.75 Å². The average molecular weight is 549 g/mol. The third-order valence-corrected chi connectivity index (χ3v) is 6.06. The number of hydroxylamine groups is 1. The molecule has 2 heterocycles. The number of piperidine rings is 1. The number of amides is 2. The first-order valence-electron chi connectivity index (χ1n) is 11.8. The Hall–Kier alpha value is -4.23. The quantitative estimate of drug-likeness (QED) is 0.271. The van der Waals surface area contributed by atoms with Crippen LogP contribution in [0.1, 0.15) is 18.4 Å². The Morgan fingerprint density at radius 1 is 1.08 bits per heavy atom. The molecule has 0 aliphatic carbocycles. The zero-order chi connectivity index (χ0) is 28.6. The molecule has 4 rings (SSSR count). The van der Waals surface area contributed by atoms with E-state index in [0.717, 1.165) is 28.6 Å². The number of hydrogen-bond donors (Lipinski definition) is 4. The number of alkyl halides is 3. The number of para-hydroxylation sites is 1. The van der Waals surface area contributed by atoms with Gasteiger partial charge in [-0.25, -0.2) is 10.3 Å². The third-order valence-electron chi connectivity index (χ3n) is 6.06. The van der Waals surface area contributed by atoms with Gasteiger partial charge >= 0.3 is 12.1 Å². The molecule has 10 nitrogen and oxygen atoms in total. The Labute approximate surface area is 221 Å². The van der Waals surface area contributed by atoms with E-state index in [9.17, 15) is 22.8 Å². The van der Waals surface area contributed by atoms with E-state index in [1.54, 1.807) is 11.7 Å². The molecule has 1 aromatic heterocycles. The van der Waals surface area contributed by atoms with E-state index in [-0.39, 0.29) is 5.91 Å². The van der Waals surface area contributed by atoms with Crippen molar-refractivity contribution in [3.63, 3.8) is 0 Å². The van der Waals surface area contributed by atoms with Gasteiger partial charge in [0.2, 0.25) is 11.8 Å². The number of carbonyl (C=O) groups is 3. The first-order valence-corrected chi connectivity index (χ1v) is 11.8. The summed E-state index contributed by atoms with van der Waals surface area (Å²) in [4.78, 5) is 40.0. The van der Waals surface area contributed by atoms with Crippen molar-refractivity contribution in [2.45, 2.75) is 31.7 Å². The van der Waals surface area contributed by atoms with Crippen molar-refractivity contribution in [1.29, 1.82) is 0 Å². The molecule has 2 atom stereocenters. The molecule has 1 saturated heterocycles. The number of nitrogens with zero attached hydrogens (tertiary/aromatic N) is 2. The zero-order valence-corrected chi connectivity index (χ0v) is 20.8. The summed E-state index contributed by atoms with van der Waals surface area (Å²) >= 11 is 0. The number of hydrogen-bond acceptors (Lipinski definition) is 7. The second kappa shape index (κ2) is 13.0. The summed E-state index contributed by atoms with van der Waals surface area (Å²) in [6.45, 7) is 1.10. The Morgan fingerprint density at radius 2 is 1.74 bits per heavy atom. The standard InChI is InChI=1S/C24H26N4O4.C2HF3O2/c1-28-14-4-6-19(23(29)27-31)22(28)24(30)26-17-10-8-16(9-11-17)15-32-21-12-13-25-20-7-3-2-5-18(20)21;3-2(4,5)1(6)7/h2-3,5,7-13,19,22,31H,4,6,14-15H2,1H3,(H,26,30)(H,27,29);(H,6,7)/t19-,22-;/m1./s1. The molecule has 2 amide bonds. The maximum atomic E-state index is 12.9. The van der Waals surface area contributed by atoms with E-state index in [1.807, 2.05) is 66.5 Å². The summed E-state index contributed by atoms with van der Waals surface area (Å²) in [7, 11) is 1.81. The first-order chi connectivity index (χ1) is 18.5. The molecule has 0 saturated carbocycles. The number of carboxylic acids is 1. The van der Waals surface area contributed by atoms with E-state index in [0.29, 0.717) is 25.3 Å². The lowest BCUT2D eigenvalue weighted by Crippen LogP contribution is -2.54. The molecule has 0 unspecified atom stereocenters. The van der Waals surface area contributed by atoms with Crippen LogP contribution in [0.25, 0.3) is 10.9 Å². The fourth-order valence-electron chi connectivity index (χ4n) is 4.16. The SMILES string of the molecule is CN1CCC[C@@H](C(=O)NO)[C@@H]1C(=O)Nc1ccc(COc2ccnc3ccccc23)cc1.O=C(O)C(F)(F)F. The van der Waals surface area contributed by atoms with Gasteiger partial charge in [0.15, 0.2) is 0 Å². The van der Waals surface area contributed by atoms with Gasteiger partial charge in [0, 0.05) is 17.3 Å². The number of likely N-dealkylation sites (N-methyl/N-ethyl adjacent to an activating group) is 1. The number of anilines is 1. The number of pyridine rings is 1. The van der Waals surface area contributed by atoms with Crippen molar-refractivity contribution in [2.24, 2.45) is 5.92 Å². The summed E-state index contributed by atoms with van der Waals surface area (Å²) in [6, 6.07) is 16.4. The highest BCUT2D eigenvalue weighted by Crippen LogP contribution is 2.26. The minimum Gasteiger partial charge on any atom is -0.488 e. The molecule has 1 fully saturated rings. The number of carbonyl (C=O) groups excluding carboxylic acids is 2. The maximum absolute atomic E-state index is 12.9. The second-order valence-corrected chi connectivity index (χ2v) is 8.75. The highest BCUT2D eigenvalue weighted by molar-refractivity contribution is 5.98. The minimum atomic E-state index is -5.08. The molecule has 1 aliphatic heterocycles. The van der Waals surface area contributed by atoms with Gasteiger partial charge in [-0.2, -0.15) is 13.2 Å². The number of rotatable bonds is 6. The van der Waals surface area contributed by atoms with Crippen LogP contribution < -0.4 is 15.5 Å². The molecule has 3 aromatic rings. The number of benzene rings is 2. The highest BCUT2D eigenvalue weighted by atomic mass is 19.4. The van der Waals surface area contributed by atoms with Crippen LogP contribution >= 0.6 is 0 Å². The molecule has 0 spiro atoms. The largest absolute Gasteiger partial charge is 0.490 e. The van der Waals surface area contributed by atoms with Crippen LogP contribution in [0.3, 0.4) is 0 Å². The van der Waals surface area contributed by atoms with Crippen LogP contribution in [0, 0.1) is 5.92 Å². The summed E-state index contributed by atoms with van der Waals surface area (Å²) in [5, 5.41) is 20.0. The molecular weight excluding hydrogens is 521 g/mol. The maximum Gasteiger partial charge on any atom is 0.490 e. The van der Waals surface area contributed by atoms with Gasteiger partial charge in [0.25, 0.3) is 0 Å². The number of fused-ring (bicyclic) bond motifs is 1. The van der Waals surface area contributed by atoms with Gasteiger partial charge in [-0.05, 0) is 62.3 Å². The van der Waals surface area contributed by atoms with Gasteiger partial charge in [-0.3, -0.25) is 24.7 Å². The number of ether oxygens (including phenoxy) is 1. The molecule has 0 bridgehead atoms. The van der Waals surface area contributed by atoms with Gasteiger partial charge in [-0.15, -0.1) is 0 Å². The molecule has 2 aromatic carbocycles. The third kappa shape index (κ3) is 7.88. The number of aliphatic carboxylic acids is 1. The van der Waals surface area contributed by atoms with Gasteiger partial charge in [0.05, 0.1) is 11.4 Å². The monoisotopic (exact) mass is 548 g/mol.